The molecule has 0 heterocycles. The van der Waals surface area contributed by atoms with Crippen LogP contribution in [0.15, 0.2) is 0 Å². The third-order valence-electron chi connectivity index (χ3n) is 3.68. The van der Waals surface area contributed by atoms with Crippen molar-refractivity contribution in [1.82, 2.24) is 0 Å². The quantitative estimate of drug-likeness (QED) is 0.753. The van der Waals surface area contributed by atoms with Crippen molar-refractivity contribution in [3.8, 4) is 0 Å². The van der Waals surface area contributed by atoms with Crippen molar-refractivity contribution < 1.29 is 28.6 Å². The molecule has 0 unspecified atom stereocenters. The molecule has 0 aromatic rings. The van der Waals surface area contributed by atoms with E-state index in [-0.39, 0.29) is 18.5 Å². The molecule has 2 aliphatic carbocycles. The van der Waals surface area contributed by atoms with Gasteiger partial charge in [0.25, 0.3) is 0 Å². The van der Waals surface area contributed by atoms with E-state index in [1.54, 1.807) is 13.8 Å². The molecular formula is C14H23FO5. The second-order valence-corrected chi connectivity index (χ2v) is 5.29. The molecule has 0 aliphatic heterocycles. The van der Waals surface area contributed by atoms with Crippen LogP contribution in [0.25, 0.3) is 0 Å². The van der Waals surface area contributed by atoms with Crippen LogP contribution in [0, 0.1) is 10.8 Å². The highest BCUT2D eigenvalue weighted by atomic mass is 19.1. The lowest BCUT2D eigenvalue weighted by molar-refractivity contribution is -0.151. The molecule has 6 heteroatoms. The van der Waals surface area contributed by atoms with Gasteiger partial charge in [0.2, 0.25) is 0 Å². The molecule has 116 valence electrons. The summed E-state index contributed by atoms with van der Waals surface area (Å²) < 4.78 is 21.5. The van der Waals surface area contributed by atoms with Crippen LogP contribution in [0.1, 0.15) is 39.5 Å². The molecule has 0 spiro atoms. The van der Waals surface area contributed by atoms with Gasteiger partial charge in [-0.1, -0.05) is 0 Å². The SMILES string of the molecule is CCOC(=O)C1(CF)CC1.CCOC(=O)C1(CO)CC1. The van der Waals surface area contributed by atoms with Crippen molar-refractivity contribution in [1.29, 1.82) is 0 Å². The van der Waals surface area contributed by atoms with Crippen molar-refractivity contribution in [3.63, 3.8) is 0 Å². The fourth-order valence-electron chi connectivity index (χ4n) is 1.69. The molecule has 0 amide bonds. The average Bonchev–Trinajstić information content (AvgIpc) is 3.34. The second-order valence-electron chi connectivity index (χ2n) is 5.29. The Morgan fingerprint density at radius 2 is 1.40 bits per heavy atom. The van der Waals surface area contributed by atoms with Crippen LogP contribution < -0.4 is 0 Å². The number of rotatable bonds is 6. The first kappa shape index (κ1) is 16.9. The van der Waals surface area contributed by atoms with Crippen molar-refractivity contribution in [2.45, 2.75) is 39.5 Å². The Morgan fingerprint density at radius 1 is 1.00 bits per heavy atom. The second kappa shape index (κ2) is 7.02. The molecule has 0 aromatic heterocycles. The molecule has 1 N–H and O–H groups in total. The van der Waals surface area contributed by atoms with Gasteiger partial charge >= 0.3 is 11.9 Å². The van der Waals surface area contributed by atoms with Gasteiger partial charge in [-0.2, -0.15) is 0 Å². The number of esters is 2. The summed E-state index contributed by atoms with van der Waals surface area (Å²) in [4.78, 5) is 21.9. The number of carbonyl (C=O) groups is 2. The summed E-state index contributed by atoms with van der Waals surface area (Å²) in [6.07, 6.45) is 2.87. The third-order valence-corrected chi connectivity index (χ3v) is 3.68. The zero-order chi connectivity index (χ0) is 15.2. The maximum atomic E-state index is 12.1. The Morgan fingerprint density at radius 3 is 1.65 bits per heavy atom. The Hall–Kier alpha value is -1.17. The molecule has 0 saturated heterocycles. The minimum Gasteiger partial charge on any atom is -0.465 e. The van der Waals surface area contributed by atoms with E-state index in [0.29, 0.717) is 26.1 Å². The first-order chi connectivity index (χ1) is 9.50. The molecule has 2 saturated carbocycles. The number of aliphatic hydroxyl groups excluding tert-OH is 1. The fraction of sp³-hybridized carbons (Fsp3) is 0.857. The number of alkyl halides is 1. The molecule has 5 nitrogen and oxygen atoms in total. The topological polar surface area (TPSA) is 72.8 Å². The van der Waals surface area contributed by atoms with Crippen LogP contribution in [0.2, 0.25) is 0 Å². The first-order valence-electron chi connectivity index (χ1n) is 7.01. The molecule has 20 heavy (non-hydrogen) atoms. The van der Waals surface area contributed by atoms with Crippen molar-refractivity contribution in [3.05, 3.63) is 0 Å². The fourth-order valence-corrected chi connectivity index (χ4v) is 1.69. The lowest BCUT2D eigenvalue weighted by Crippen LogP contribution is -2.22. The normalized spacial score (nSPS) is 20.2. The van der Waals surface area contributed by atoms with Crippen LogP contribution in [0.3, 0.4) is 0 Å². The van der Waals surface area contributed by atoms with E-state index < -0.39 is 17.5 Å². The van der Waals surface area contributed by atoms with Crippen molar-refractivity contribution in [2.75, 3.05) is 26.5 Å². The van der Waals surface area contributed by atoms with E-state index in [2.05, 4.69) is 4.74 Å². The zero-order valence-electron chi connectivity index (χ0n) is 12.1. The van der Waals surface area contributed by atoms with Gasteiger partial charge in [0, 0.05) is 0 Å². The van der Waals surface area contributed by atoms with Gasteiger partial charge < -0.3 is 14.6 Å². The summed E-state index contributed by atoms with van der Waals surface area (Å²) in [6.45, 7) is 3.62. The van der Waals surface area contributed by atoms with Crippen molar-refractivity contribution >= 4 is 11.9 Å². The Balaban J connectivity index is 0.000000200. The molecule has 2 rings (SSSR count). The molecular weight excluding hydrogens is 267 g/mol. The van der Waals surface area contributed by atoms with E-state index in [4.69, 9.17) is 9.84 Å². The number of ether oxygens (including phenoxy) is 2. The van der Waals surface area contributed by atoms with Gasteiger partial charge in [0.1, 0.15) is 6.67 Å². The lowest BCUT2D eigenvalue weighted by atomic mass is 10.1. The maximum Gasteiger partial charge on any atom is 0.314 e. The highest BCUT2D eigenvalue weighted by molar-refractivity contribution is 5.80. The zero-order valence-corrected chi connectivity index (χ0v) is 12.1. The summed E-state index contributed by atoms with van der Waals surface area (Å²) in [7, 11) is 0. The Labute approximate surface area is 118 Å². The molecule has 0 radical (unpaired) electrons. The minimum atomic E-state index is -0.726. The summed E-state index contributed by atoms with van der Waals surface area (Å²) >= 11 is 0. The van der Waals surface area contributed by atoms with Gasteiger partial charge in [-0.05, 0) is 39.5 Å². The van der Waals surface area contributed by atoms with Crippen LogP contribution in [-0.2, 0) is 19.1 Å². The van der Waals surface area contributed by atoms with Gasteiger partial charge in [-0.15, -0.1) is 0 Å². The van der Waals surface area contributed by atoms with Gasteiger partial charge in [-0.25, -0.2) is 4.39 Å². The Bertz CT molecular complexity index is 313. The summed E-state index contributed by atoms with van der Waals surface area (Å²) in [5.41, 5.74) is -1.23. The lowest BCUT2D eigenvalue weighted by Gasteiger charge is -2.08. The maximum absolute atomic E-state index is 12.1. The van der Waals surface area contributed by atoms with Gasteiger partial charge in [-0.3, -0.25) is 9.59 Å². The van der Waals surface area contributed by atoms with Crippen LogP contribution in [0.5, 0.6) is 0 Å². The van der Waals surface area contributed by atoms with E-state index in [0.717, 1.165) is 12.8 Å². The molecule has 2 aliphatic rings. The van der Waals surface area contributed by atoms with Crippen molar-refractivity contribution in [2.24, 2.45) is 10.8 Å². The van der Waals surface area contributed by atoms with E-state index in [1.165, 1.54) is 0 Å². The third kappa shape index (κ3) is 3.91. The standard InChI is InChI=1S/C7H11FO2.C7H12O3/c2*1-2-10-6(9)7(5-8)3-4-7/h2-5H2,1H3;8H,2-5H2,1H3. The number of carbonyl (C=O) groups excluding carboxylic acids is 2. The van der Waals surface area contributed by atoms with E-state index in [9.17, 15) is 14.0 Å². The van der Waals surface area contributed by atoms with Crippen LogP contribution in [-0.4, -0.2) is 43.5 Å². The predicted octanol–water partition coefficient (Wildman–Crippen LogP) is 1.62. The Kier molecular flexibility index (Phi) is 5.92. The van der Waals surface area contributed by atoms with E-state index in [1.807, 2.05) is 0 Å². The number of aliphatic hydroxyl groups is 1. The molecule has 2 fully saturated rings. The average molecular weight is 290 g/mol. The monoisotopic (exact) mass is 290 g/mol. The number of hydrogen-bond donors (Lipinski definition) is 1. The highest BCUT2D eigenvalue weighted by Crippen LogP contribution is 2.47. The minimum absolute atomic E-state index is 0.0637. The molecule has 0 aromatic carbocycles. The highest BCUT2D eigenvalue weighted by Gasteiger charge is 2.51. The predicted molar refractivity (Wildman–Crippen MR) is 69.7 cm³/mol. The van der Waals surface area contributed by atoms with Gasteiger partial charge in [0.15, 0.2) is 0 Å². The molecule has 0 atom stereocenters. The summed E-state index contributed by atoms with van der Waals surface area (Å²) in [6, 6.07) is 0. The summed E-state index contributed by atoms with van der Waals surface area (Å²) in [5, 5.41) is 8.75. The van der Waals surface area contributed by atoms with Crippen LogP contribution >= 0.6 is 0 Å². The number of hydrogen-bond acceptors (Lipinski definition) is 5. The van der Waals surface area contributed by atoms with Crippen LogP contribution in [0.4, 0.5) is 4.39 Å². The smallest absolute Gasteiger partial charge is 0.314 e. The van der Waals surface area contributed by atoms with Gasteiger partial charge in [0.05, 0.1) is 30.7 Å². The largest absolute Gasteiger partial charge is 0.465 e. The first-order valence-corrected chi connectivity index (χ1v) is 7.01. The summed E-state index contributed by atoms with van der Waals surface area (Å²) in [5.74, 6) is -0.602. The van der Waals surface area contributed by atoms with E-state index >= 15 is 0 Å². The number of halogens is 1. The molecule has 0 bridgehead atoms.